The van der Waals surface area contributed by atoms with Gasteiger partial charge in [0, 0.05) is 13.0 Å². The molecule has 1 heterocycles. The summed E-state index contributed by atoms with van der Waals surface area (Å²) < 4.78 is 28.9. The molecule has 7 nitrogen and oxygen atoms in total. The molecule has 4 rings (SSSR count). The number of carbonyl (C=O) groups excluding carboxylic acids is 2. The van der Waals surface area contributed by atoms with Crippen molar-refractivity contribution in [3.63, 3.8) is 0 Å². The van der Waals surface area contributed by atoms with Crippen LogP contribution in [0.4, 0.5) is 0 Å². The van der Waals surface area contributed by atoms with Gasteiger partial charge < -0.3 is 23.7 Å². The Morgan fingerprint density at radius 3 is 2.31 bits per heavy atom. The number of ether oxygens (including phenoxy) is 5. The Morgan fingerprint density at radius 2 is 1.66 bits per heavy atom. The second-order valence-corrected chi connectivity index (χ2v) is 7.95. The largest absolute Gasteiger partial charge is 0.466 e. The maximum absolute atomic E-state index is 12.9. The van der Waals surface area contributed by atoms with Crippen molar-refractivity contribution in [3.05, 3.63) is 71.8 Å². The number of hydrogen-bond acceptors (Lipinski definition) is 7. The zero-order valence-corrected chi connectivity index (χ0v) is 18.2. The molecule has 1 saturated carbocycles. The molecule has 0 radical (unpaired) electrons. The van der Waals surface area contributed by atoms with Gasteiger partial charge in [0.1, 0.15) is 12.2 Å². The van der Waals surface area contributed by atoms with Crippen LogP contribution in [0, 0.1) is 11.8 Å². The number of benzene rings is 2. The lowest BCUT2D eigenvalue weighted by atomic mass is 9.92. The molecule has 1 unspecified atom stereocenters. The van der Waals surface area contributed by atoms with E-state index < -0.39 is 30.6 Å². The normalized spacial score (nSPS) is 28.4. The van der Waals surface area contributed by atoms with Crippen molar-refractivity contribution in [1.82, 2.24) is 0 Å². The van der Waals surface area contributed by atoms with E-state index >= 15 is 0 Å². The lowest BCUT2D eigenvalue weighted by molar-refractivity contribution is -0.224. The average Bonchev–Trinajstić information content (AvgIpc) is 3.30. The van der Waals surface area contributed by atoms with Crippen LogP contribution >= 0.6 is 0 Å². The van der Waals surface area contributed by atoms with E-state index in [0.717, 1.165) is 5.56 Å². The van der Waals surface area contributed by atoms with E-state index in [2.05, 4.69) is 0 Å². The monoisotopic (exact) mass is 440 g/mol. The van der Waals surface area contributed by atoms with Gasteiger partial charge in [-0.15, -0.1) is 0 Å². The molecule has 7 heteroatoms. The molecule has 0 N–H and O–H groups in total. The summed E-state index contributed by atoms with van der Waals surface area (Å²) in [5.41, 5.74) is 1.45. The van der Waals surface area contributed by atoms with Crippen molar-refractivity contribution in [1.29, 1.82) is 0 Å². The van der Waals surface area contributed by atoms with Gasteiger partial charge in [-0.25, -0.2) is 4.79 Å². The van der Waals surface area contributed by atoms with Crippen molar-refractivity contribution < 1.29 is 33.3 Å². The second-order valence-electron chi connectivity index (χ2n) is 7.95. The van der Waals surface area contributed by atoms with Gasteiger partial charge in [0.2, 0.25) is 0 Å². The van der Waals surface area contributed by atoms with Gasteiger partial charge in [-0.2, -0.15) is 0 Å². The number of esters is 2. The van der Waals surface area contributed by atoms with Gasteiger partial charge in [0.25, 0.3) is 0 Å². The first-order chi connectivity index (χ1) is 15.6. The molecule has 6 atom stereocenters. The summed E-state index contributed by atoms with van der Waals surface area (Å²) in [6, 6.07) is 18.6. The third kappa shape index (κ3) is 4.70. The molecule has 1 saturated heterocycles. The van der Waals surface area contributed by atoms with Gasteiger partial charge in [-0.3, -0.25) is 4.79 Å². The quantitative estimate of drug-likeness (QED) is 0.553. The number of rotatable bonds is 9. The van der Waals surface area contributed by atoms with Crippen molar-refractivity contribution >= 4 is 11.9 Å². The first kappa shape index (κ1) is 22.5. The fraction of sp³-hybridized carbons (Fsp3) is 0.440. The van der Waals surface area contributed by atoms with E-state index in [4.69, 9.17) is 23.7 Å². The van der Waals surface area contributed by atoms with Crippen LogP contribution in [0.3, 0.4) is 0 Å². The summed E-state index contributed by atoms with van der Waals surface area (Å²) in [6.07, 6.45) is -2.04. The average molecular weight is 440 g/mol. The fourth-order valence-corrected chi connectivity index (χ4v) is 4.64. The summed E-state index contributed by atoms with van der Waals surface area (Å²) in [5, 5.41) is 0. The van der Waals surface area contributed by atoms with Crippen LogP contribution in [0.5, 0.6) is 0 Å². The molecular weight excluding hydrogens is 412 g/mol. The standard InChI is InChI=1S/C25H28O7/c1-3-29-19(26)14-18-20-22(31-24(27)17-12-8-5-9-13-17)23(21(18)32-25(20)28-2)30-15-16-10-6-4-7-11-16/h4-13,18,20-23,25H,3,14-15H2,1-2H3/t18?,20-,21+,22+,23+,25-/m0/s1. The smallest absolute Gasteiger partial charge is 0.338 e. The van der Waals surface area contributed by atoms with E-state index in [1.54, 1.807) is 38.3 Å². The van der Waals surface area contributed by atoms with Gasteiger partial charge >= 0.3 is 11.9 Å². The fourth-order valence-electron chi connectivity index (χ4n) is 4.64. The van der Waals surface area contributed by atoms with Crippen LogP contribution < -0.4 is 0 Å². The number of carbonyl (C=O) groups is 2. The Labute approximate surface area is 187 Å². The number of methoxy groups -OCH3 is 1. The maximum Gasteiger partial charge on any atom is 0.338 e. The zero-order chi connectivity index (χ0) is 22.5. The SMILES string of the molecule is CCOC(=O)CC1[C@@H]2[C@@H](OC)O[C@H]1[C@@H](OCc1ccccc1)[C@@H]2OC(=O)c1ccccc1. The summed E-state index contributed by atoms with van der Waals surface area (Å²) in [7, 11) is 1.54. The van der Waals surface area contributed by atoms with E-state index in [1.165, 1.54) is 0 Å². The summed E-state index contributed by atoms with van der Waals surface area (Å²) in [6.45, 7) is 2.41. The molecule has 32 heavy (non-hydrogen) atoms. The molecule has 2 aromatic rings. The molecule has 0 amide bonds. The predicted octanol–water partition coefficient (Wildman–Crippen LogP) is 3.37. The van der Waals surface area contributed by atoms with E-state index in [1.807, 2.05) is 36.4 Å². The number of hydrogen-bond donors (Lipinski definition) is 0. The molecule has 2 aliphatic rings. The van der Waals surface area contributed by atoms with Crippen LogP contribution in [0.25, 0.3) is 0 Å². The highest BCUT2D eigenvalue weighted by atomic mass is 16.7. The highest BCUT2D eigenvalue weighted by molar-refractivity contribution is 5.89. The highest BCUT2D eigenvalue weighted by Gasteiger charge is 2.63. The topological polar surface area (TPSA) is 80.3 Å². The lowest BCUT2D eigenvalue weighted by Gasteiger charge is -2.34. The summed E-state index contributed by atoms with van der Waals surface area (Å²) in [4.78, 5) is 25.2. The van der Waals surface area contributed by atoms with Crippen molar-refractivity contribution in [3.8, 4) is 0 Å². The Hall–Kier alpha value is -2.74. The van der Waals surface area contributed by atoms with Gasteiger partial charge in [-0.05, 0) is 24.6 Å². The van der Waals surface area contributed by atoms with E-state index in [-0.39, 0.29) is 24.2 Å². The Kier molecular flexibility index (Phi) is 7.19. The third-order valence-corrected chi connectivity index (χ3v) is 6.03. The minimum Gasteiger partial charge on any atom is -0.466 e. The van der Waals surface area contributed by atoms with Crippen LogP contribution in [0.1, 0.15) is 29.3 Å². The molecule has 2 fully saturated rings. The van der Waals surface area contributed by atoms with Gasteiger partial charge in [0.05, 0.1) is 37.2 Å². The zero-order valence-electron chi connectivity index (χ0n) is 18.2. The number of fused-ring (bicyclic) bond motifs is 2. The Balaban J connectivity index is 1.57. The minimum absolute atomic E-state index is 0.146. The first-order valence-corrected chi connectivity index (χ1v) is 10.9. The van der Waals surface area contributed by atoms with Crippen LogP contribution in [-0.4, -0.2) is 50.3 Å². The van der Waals surface area contributed by atoms with Crippen molar-refractivity contribution in [2.24, 2.45) is 11.8 Å². The van der Waals surface area contributed by atoms with Crippen LogP contribution in [0.15, 0.2) is 60.7 Å². The van der Waals surface area contributed by atoms with Gasteiger partial charge in [-0.1, -0.05) is 48.5 Å². The van der Waals surface area contributed by atoms with Crippen molar-refractivity contribution in [2.45, 2.75) is 44.6 Å². The molecular formula is C25H28O7. The Morgan fingerprint density at radius 1 is 0.969 bits per heavy atom. The Bertz CT molecular complexity index is 901. The molecule has 0 spiro atoms. The minimum atomic E-state index is -0.616. The van der Waals surface area contributed by atoms with E-state index in [0.29, 0.717) is 18.8 Å². The molecule has 1 aliphatic carbocycles. The van der Waals surface area contributed by atoms with E-state index in [9.17, 15) is 9.59 Å². The predicted molar refractivity (Wildman–Crippen MR) is 115 cm³/mol. The summed E-state index contributed by atoms with van der Waals surface area (Å²) >= 11 is 0. The lowest BCUT2D eigenvalue weighted by Crippen LogP contribution is -2.47. The molecule has 0 aromatic heterocycles. The molecule has 2 aromatic carbocycles. The molecule has 170 valence electrons. The van der Waals surface area contributed by atoms with Crippen LogP contribution in [0.2, 0.25) is 0 Å². The molecule has 1 aliphatic heterocycles. The molecule has 2 bridgehead atoms. The van der Waals surface area contributed by atoms with Crippen LogP contribution in [-0.2, 0) is 35.1 Å². The van der Waals surface area contributed by atoms with Gasteiger partial charge in [0.15, 0.2) is 6.29 Å². The second kappa shape index (κ2) is 10.3. The highest BCUT2D eigenvalue weighted by Crippen LogP contribution is 2.50. The van der Waals surface area contributed by atoms with Crippen molar-refractivity contribution in [2.75, 3.05) is 13.7 Å². The summed E-state index contributed by atoms with van der Waals surface area (Å²) in [5.74, 6) is -1.35. The maximum atomic E-state index is 12.9. The first-order valence-electron chi connectivity index (χ1n) is 10.9. The third-order valence-electron chi connectivity index (χ3n) is 6.03.